The highest BCUT2D eigenvalue weighted by atomic mass is 19.1. The van der Waals surface area contributed by atoms with Gasteiger partial charge < -0.3 is 14.5 Å². The zero-order valence-electron chi connectivity index (χ0n) is 24.6. The van der Waals surface area contributed by atoms with Gasteiger partial charge in [-0.15, -0.1) is 0 Å². The molecule has 0 spiro atoms. The minimum atomic E-state index is -0.711. The Morgan fingerprint density at radius 1 is 0.886 bits per heavy atom. The summed E-state index contributed by atoms with van der Waals surface area (Å²) in [7, 11) is 0. The number of para-hydroxylation sites is 1. The Hall–Kier alpha value is -4.51. The number of halogens is 2. The molecule has 2 heterocycles. The first-order valence-corrected chi connectivity index (χ1v) is 15.1. The first kappa shape index (κ1) is 29.6. The monoisotopic (exact) mass is 591 g/mol. The van der Waals surface area contributed by atoms with E-state index in [4.69, 9.17) is 9.47 Å². The van der Waals surface area contributed by atoms with E-state index in [2.05, 4.69) is 16.0 Å². The smallest absolute Gasteiger partial charge is 0.123 e. The van der Waals surface area contributed by atoms with Gasteiger partial charge >= 0.3 is 0 Å². The lowest BCUT2D eigenvalue weighted by Gasteiger charge is -2.32. The van der Waals surface area contributed by atoms with Gasteiger partial charge in [-0.25, -0.2) is 8.78 Å². The molecule has 0 amide bonds. The summed E-state index contributed by atoms with van der Waals surface area (Å²) in [5, 5.41) is 10.4. The Morgan fingerprint density at radius 3 is 2.50 bits per heavy atom. The Labute approximate surface area is 256 Å². The van der Waals surface area contributed by atoms with Gasteiger partial charge in [0.05, 0.1) is 18.2 Å². The number of fused-ring (bicyclic) bond motifs is 2. The zero-order chi connectivity index (χ0) is 30.4. The quantitative estimate of drug-likeness (QED) is 0.151. The van der Waals surface area contributed by atoms with Crippen molar-refractivity contribution in [1.29, 1.82) is 5.26 Å². The van der Waals surface area contributed by atoms with E-state index in [0.29, 0.717) is 25.2 Å². The van der Waals surface area contributed by atoms with E-state index in [1.807, 2.05) is 54.7 Å². The molecule has 0 fully saturated rings. The number of hydrogen-bond donors (Lipinski definition) is 1. The van der Waals surface area contributed by atoms with Crippen LogP contribution >= 0.6 is 0 Å². The van der Waals surface area contributed by atoms with Gasteiger partial charge in [0.2, 0.25) is 0 Å². The highest BCUT2D eigenvalue weighted by molar-refractivity contribution is 5.83. The van der Waals surface area contributed by atoms with Gasteiger partial charge in [-0.1, -0.05) is 36.4 Å². The van der Waals surface area contributed by atoms with Crippen molar-refractivity contribution < 1.29 is 18.3 Å². The number of rotatable bonds is 13. The largest absolute Gasteiger partial charge is 0.492 e. The van der Waals surface area contributed by atoms with E-state index in [1.54, 1.807) is 24.3 Å². The van der Waals surface area contributed by atoms with Crippen LogP contribution in [0.1, 0.15) is 47.1 Å². The molecule has 5 aromatic rings. The van der Waals surface area contributed by atoms with Gasteiger partial charge in [-0.2, -0.15) is 5.26 Å². The summed E-state index contributed by atoms with van der Waals surface area (Å²) in [5.74, 6) is 0.327. The normalized spacial score (nSPS) is 15.9. The van der Waals surface area contributed by atoms with Gasteiger partial charge in [-0.3, -0.25) is 4.90 Å². The van der Waals surface area contributed by atoms with Gasteiger partial charge in [0.15, 0.2) is 0 Å². The Kier molecular flexibility index (Phi) is 9.02. The molecule has 5 nitrogen and oxygen atoms in total. The average molecular weight is 592 g/mol. The molecular formula is C37H35F2N3O2. The second-order valence-electron chi connectivity index (χ2n) is 11.3. The molecule has 224 valence electrons. The Bertz CT molecular complexity index is 1750. The van der Waals surface area contributed by atoms with Crippen molar-refractivity contribution in [3.63, 3.8) is 0 Å². The number of nitrogens with zero attached hydrogens (tertiary/aromatic N) is 2. The predicted molar refractivity (Wildman–Crippen MR) is 167 cm³/mol. The summed E-state index contributed by atoms with van der Waals surface area (Å²) in [5.41, 5.74) is 4.89. The van der Waals surface area contributed by atoms with Crippen LogP contribution in [-0.4, -0.2) is 36.1 Å². The fourth-order valence-electron chi connectivity index (χ4n) is 6.31. The molecular weight excluding hydrogens is 556 g/mol. The molecule has 0 radical (unpaired) electrons. The molecule has 6 rings (SSSR count). The molecule has 1 aliphatic rings. The summed E-state index contributed by atoms with van der Waals surface area (Å²) >= 11 is 0. The summed E-state index contributed by atoms with van der Waals surface area (Å²) in [6.07, 6.45) is 5.26. The predicted octanol–water partition coefficient (Wildman–Crippen LogP) is 7.89. The van der Waals surface area contributed by atoms with Crippen molar-refractivity contribution in [3.05, 3.63) is 137 Å². The number of aromatic nitrogens is 1. The average Bonchev–Trinajstić information content (AvgIpc) is 3.62. The van der Waals surface area contributed by atoms with Crippen LogP contribution in [0.5, 0.6) is 5.75 Å². The van der Waals surface area contributed by atoms with Crippen LogP contribution in [-0.2, 0) is 23.4 Å². The van der Waals surface area contributed by atoms with Crippen molar-refractivity contribution in [2.75, 3.05) is 26.2 Å². The van der Waals surface area contributed by atoms with Crippen LogP contribution in [0.15, 0.2) is 97.2 Å². The van der Waals surface area contributed by atoms with E-state index in [0.717, 1.165) is 77.8 Å². The summed E-state index contributed by atoms with van der Waals surface area (Å²) in [6, 6.07) is 29.2. The number of benzene rings is 4. The number of nitriles is 1. The summed E-state index contributed by atoms with van der Waals surface area (Å²) in [6.45, 7) is 3.39. The molecule has 4 aromatic carbocycles. The minimum Gasteiger partial charge on any atom is -0.492 e. The summed E-state index contributed by atoms with van der Waals surface area (Å²) < 4.78 is 40.4. The standard InChI is InChI=1S/C37H35F2N3O2/c38-31-12-10-30(11-13-31)37(35-15-9-27(24-40)22-29(35)26-44-37)17-5-19-42(20-21-43-33-7-2-1-3-8-33)18-4-6-28-25-41-36-16-14-32(39)23-34(28)36/h1-3,7-16,22-23,25,41H,4-6,17-21,26H2. The first-order chi connectivity index (χ1) is 21.5. The third-order valence-electron chi connectivity index (χ3n) is 8.53. The highest BCUT2D eigenvalue weighted by Gasteiger charge is 2.41. The molecule has 0 aliphatic carbocycles. The molecule has 0 bridgehead atoms. The van der Waals surface area contributed by atoms with Crippen LogP contribution in [0, 0.1) is 23.0 Å². The lowest BCUT2D eigenvalue weighted by Crippen LogP contribution is -2.33. The van der Waals surface area contributed by atoms with Crippen molar-refractivity contribution >= 4 is 10.9 Å². The first-order valence-electron chi connectivity index (χ1n) is 15.1. The maximum atomic E-state index is 13.9. The molecule has 1 N–H and O–H groups in total. The molecule has 0 saturated carbocycles. The minimum absolute atomic E-state index is 0.229. The molecule has 1 aliphatic heterocycles. The summed E-state index contributed by atoms with van der Waals surface area (Å²) in [4.78, 5) is 5.66. The maximum Gasteiger partial charge on any atom is 0.123 e. The van der Waals surface area contributed by atoms with Crippen LogP contribution in [0.4, 0.5) is 8.78 Å². The zero-order valence-corrected chi connectivity index (χ0v) is 24.6. The van der Waals surface area contributed by atoms with Crippen molar-refractivity contribution in [1.82, 2.24) is 9.88 Å². The third kappa shape index (κ3) is 6.52. The molecule has 1 unspecified atom stereocenters. The fraction of sp³-hybridized carbons (Fsp3) is 0.270. The van der Waals surface area contributed by atoms with Gasteiger partial charge in [0.1, 0.15) is 29.6 Å². The van der Waals surface area contributed by atoms with E-state index >= 15 is 0 Å². The number of aromatic amines is 1. The lowest BCUT2D eigenvalue weighted by atomic mass is 9.81. The van der Waals surface area contributed by atoms with Gasteiger partial charge in [0, 0.05) is 23.6 Å². The number of ether oxygens (including phenoxy) is 2. The highest BCUT2D eigenvalue weighted by Crippen LogP contribution is 2.45. The molecule has 44 heavy (non-hydrogen) atoms. The maximum absolute atomic E-state index is 13.9. The molecule has 1 atom stereocenters. The van der Waals surface area contributed by atoms with Crippen LogP contribution in [0.3, 0.4) is 0 Å². The van der Waals surface area contributed by atoms with Crippen molar-refractivity contribution in [2.45, 2.75) is 37.9 Å². The number of nitrogens with one attached hydrogen (secondary N) is 1. The molecule has 1 aromatic heterocycles. The number of aryl methyl sites for hydroxylation is 1. The Balaban J connectivity index is 1.16. The van der Waals surface area contributed by atoms with Crippen LogP contribution in [0.2, 0.25) is 0 Å². The van der Waals surface area contributed by atoms with E-state index in [-0.39, 0.29) is 11.6 Å². The van der Waals surface area contributed by atoms with Crippen molar-refractivity contribution in [2.24, 2.45) is 0 Å². The van der Waals surface area contributed by atoms with Crippen molar-refractivity contribution in [3.8, 4) is 11.8 Å². The molecule has 7 heteroatoms. The third-order valence-corrected chi connectivity index (χ3v) is 8.53. The second kappa shape index (κ2) is 13.4. The number of H-pyrrole nitrogens is 1. The molecule has 0 saturated heterocycles. The number of hydrogen-bond acceptors (Lipinski definition) is 4. The van der Waals surface area contributed by atoms with E-state index < -0.39 is 5.60 Å². The van der Waals surface area contributed by atoms with E-state index in [1.165, 1.54) is 18.2 Å². The second-order valence-corrected chi connectivity index (χ2v) is 11.3. The van der Waals surface area contributed by atoms with Gasteiger partial charge in [0.25, 0.3) is 0 Å². The van der Waals surface area contributed by atoms with Gasteiger partial charge in [-0.05, 0) is 116 Å². The Morgan fingerprint density at radius 2 is 1.68 bits per heavy atom. The van der Waals surface area contributed by atoms with Crippen LogP contribution < -0.4 is 4.74 Å². The fourth-order valence-corrected chi connectivity index (χ4v) is 6.31. The lowest BCUT2D eigenvalue weighted by molar-refractivity contribution is -0.0147. The van der Waals surface area contributed by atoms with E-state index in [9.17, 15) is 14.0 Å². The SMILES string of the molecule is N#Cc1ccc2c(c1)COC2(CCCN(CCCc1c[nH]c2ccc(F)cc12)CCOc1ccccc1)c1ccc(F)cc1. The topological polar surface area (TPSA) is 61.3 Å². The van der Waals surface area contributed by atoms with Crippen LogP contribution in [0.25, 0.3) is 10.9 Å².